The van der Waals surface area contributed by atoms with Crippen molar-refractivity contribution < 1.29 is 0 Å². The third-order valence-corrected chi connectivity index (χ3v) is 2.85. The molecule has 17 heavy (non-hydrogen) atoms. The maximum atomic E-state index is 4.21. The van der Waals surface area contributed by atoms with Gasteiger partial charge in [0, 0.05) is 0 Å². The number of aryl methyl sites for hydroxylation is 2. The zero-order valence-corrected chi connectivity index (χ0v) is 9.88. The SMILES string of the molecule is Cc1cccc(-n2nnc3ccc(C)cc32)c1. The second kappa shape index (κ2) is 3.70. The third kappa shape index (κ3) is 1.69. The van der Waals surface area contributed by atoms with Crippen LogP contribution in [0.1, 0.15) is 11.1 Å². The summed E-state index contributed by atoms with van der Waals surface area (Å²) >= 11 is 0. The minimum Gasteiger partial charge on any atom is -0.213 e. The lowest BCUT2D eigenvalue weighted by atomic mass is 10.2. The number of hydrogen-bond acceptors (Lipinski definition) is 2. The van der Waals surface area contributed by atoms with Crippen molar-refractivity contribution >= 4 is 11.0 Å². The summed E-state index contributed by atoms with van der Waals surface area (Å²) in [5.74, 6) is 0. The lowest BCUT2D eigenvalue weighted by molar-refractivity contribution is 0.823. The molecule has 0 aliphatic rings. The highest BCUT2D eigenvalue weighted by atomic mass is 15.4. The molecule has 0 aliphatic carbocycles. The first-order chi connectivity index (χ1) is 8.24. The Morgan fingerprint density at radius 3 is 2.59 bits per heavy atom. The smallest absolute Gasteiger partial charge is 0.113 e. The van der Waals surface area contributed by atoms with Crippen LogP contribution in [0.2, 0.25) is 0 Å². The molecule has 3 nitrogen and oxygen atoms in total. The monoisotopic (exact) mass is 223 g/mol. The maximum Gasteiger partial charge on any atom is 0.113 e. The molecule has 3 aromatic rings. The second-order valence-electron chi connectivity index (χ2n) is 4.33. The molecule has 0 saturated carbocycles. The van der Waals surface area contributed by atoms with Crippen molar-refractivity contribution in [3.05, 3.63) is 53.6 Å². The normalized spacial score (nSPS) is 10.9. The van der Waals surface area contributed by atoms with Gasteiger partial charge in [-0.3, -0.25) is 0 Å². The van der Waals surface area contributed by atoms with Gasteiger partial charge in [-0.1, -0.05) is 23.4 Å². The molecule has 0 aliphatic heterocycles. The van der Waals surface area contributed by atoms with Gasteiger partial charge in [0.05, 0.1) is 11.2 Å². The molecule has 2 aromatic carbocycles. The zero-order chi connectivity index (χ0) is 11.8. The first-order valence-corrected chi connectivity index (χ1v) is 5.63. The summed E-state index contributed by atoms with van der Waals surface area (Å²) in [7, 11) is 0. The van der Waals surface area contributed by atoms with E-state index in [0.717, 1.165) is 16.7 Å². The number of fused-ring (bicyclic) bond motifs is 1. The first-order valence-electron chi connectivity index (χ1n) is 5.63. The van der Waals surface area contributed by atoms with Crippen LogP contribution in [0.15, 0.2) is 42.5 Å². The van der Waals surface area contributed by atoms with E-state index in [1.54, 1.807) is 0 Å². The van der Waals surface area contributed by atoms with E-state index in [9.17, 15) is 0 Å². The minimum atomic E-state index is 0.928. The second-order valence-corrected chi connectivity index (χ2v) is 4.33. The molecule has 0 bridgehead atoms. The third-order valence-electron chi connectivity index (χ3n) is 2.85. The topological polar surface area (TPSA) is 30.7 Å². The van der Waals surface area contributed by atoms with Crippen LogP contribution in [0.5, 0.6) is 0 Å². The van der Waals surface area contributed by atoms with Crippen LogP contribution in [-0.4, -0.2) is 15.0 Å². The van der Waals surface area contributed by atoms with E-state index in [1.165, 1.54) is 11.1 Å². The van der Waals surface area contributed by atoms with Gasteiger partial charge in [-0.25, -0.2) is 4.68 Å². The number of benzene rings is 2. The Balaban J connectivity index is 2.27. The van der Waals surface area contributed by atoms with Crippen LogP contribution in [0.25, 0.3) is 16.7 Å². The Labute approximate surface area is 99.7 Å². The molecule has 0 N–H and O–H groups in total. The Morgan fingerprint density at radius 1 is 0.941 bits per heavy atom. The number of hydrogen-bond donors (Lipinski definition) is 0. The van der Waals surface area contributed by atoms with Crippen LogP contribution in [0.3, 0.4) is 0 Å². The van der Waals surface area contributed by atoms with E-state index in [0.29, 0.717) is 0 Å². The van der Waals surface area contributed by atoms with Crippen molar-refractivity contribution in [1.82, 2.24) is 15.0 Å². The molecule has 1 aromatic heterocycles. The number of rotatable bonds is 1. The van der Waals surface area contributed by atoms with Gasteiger partial charge >= 0.3 is 0 Å². The summed E-state index contributed by atoms with van der Waals surface area (Å²) in [6, 6.07) is 14.4. The highest BCUT2D eigenvalue weighted by Crippen LogP contribution is 2.18. The van der Waals surface area contributed by atoms with Crippen molar-refractivity contribution in [2.45, 2.75) is 13.8 Å². The average molecular weight is 223 g/mol. The Kier molecular flexibility index (Phi) is 2.18. The molecule has 0 spiro atoms. The van der Waals surface area contributed by atoms with E-state index in [2.05, 4.69) is 48.4 Å². The fraction of sp³-hybridized carbons (Fsp3) is 0.143. The van der Waals surface area contributed by atoms with Crippen molar-refractivity contribution in [3.63, 3.8) is 0 Å². The molecule has 0 fully saturated rings. The molecule has 0 radical (unpaired) electrons. The molecular formula is C14H13N3. The Hall–Kier alpha value is -2.16. The van der Waals surface area contributed by atoms with Crippen molar-refractivity contribution in [2.75, 3.05) is 0 Å². The van der Waals surface area contributed by atoms with Crippen molar-refractivity contribution in [2.24, 2.45) is 0 Å². The standard InChI is InChI=1S/C14H13N3/c1-10-4-3-5-12(8-10)17-14-9-11(2)6-7-13(14)15-16-17/h3-9H,1-2H3. The summed E-state index contributed by atoms with van der Waals surface area (Å²) in [6.45, 7) is 4.15. The summed E-state index contributed by atoms with van der Waals surface area (Å²) in [5, 5.41) is 8.39. The van der Waals surface area contributed by atoms with E-state index >= 15 is 0 Å². The van der Waals surface area contributed by atoms with E-state index in [4.69, 9.17) is 0 Å². The molecular weight excluding hydrogens is 210 g/mol. The average Bonchev–Trinajstić information content (AvgIpc) is 2.71. The lowest BCUT2D eigenvalue weighted by Crippen LogP contribution is -1.96. The van der Waals surface area contributed by atoms with E-state index in [1.807, 2.05) is 22.9 Å². The molecule has 84 valence electrons. The van der Waals surface area contributed by atoms with Gasteiger partial charge in [-0.2, -0.15) is 0 Å². The molecule has 3 rings (SSSR count). The van der Waals surface area contributed by atoms with Gasteiger partial charge in [0.25, 0.3) is 0 Å². The van der Waals surface area contributed by atoms with E-state index < -0.39 is 0 Å². The van der Waals surface area contributed by atoms with Gasteiger partial charge in [0.1, 0.15) is 5.52 Å². The number of aromatic nitrogens is 3. The molecule has 0 amide bonds. The van der Waals surface area contributed by atoms with Gasteiger partial charge in [-0.15, -0.1) is 5.10 Å². The van der Waals surface area contributed by atoms with Crippen LogP contribution < -0.4 is 0 Å². The summed E-state index contributed by atoms with van der Waals surface area (Å²) in [5.41, 5.74) is 5.47. The summed E-state index contributed by atoms with van der Waals surface area (Å²) in [6.07, 6.45) is 0. The van der Waals surface area contributed by atoms with Gasteiger partial charge in [0.15, 0.2) is 0 Å². The van der Waals surface area contributed by atoms with Crippen LogP contribution >= 0.6 is 0 Å². The lowest BCUT2D eigenvalue weighted by Gasteiger charge is -2.03. The predicted octanol–water partition coefficient (Wildman–Crippen LogP) is 3.04. The van der Waals surface area contributed by atoms with Crippen molar-refractivity contribution in [1.29, 1.82) is 0 Å². The predicted molar refractivity (Wildman–Crippen MR) is 68.3 cm³/mol. The molecule has 0 atom stereocenters. The van der Waals surface area contributed by atoms with E-state index in [-0.39, 0.29) is 0 Å². The Morgan fingerprint density at radius 2 is 1.76 bits per heavy atom. The highest BCUT2D eigenvalue weighted by molar-refractivity contribution is 5.76. The molecule has 0 unspecified atom stereocenters. The van der Waals surface area contributed by atoms with Gasteiger partial charge in [-0.05, 0) is 49.2 Å². The zero-order valence-electron chi connectivity index (χ0n) is 9.88. The molecule has 0 saturated heterocycles. The summed E-state index contributed by atoms with van der Waals surface area (Å²) < 4.78 is 1.88. The highest BCUT2D eigenvalue weighted by Gasteiger charge is 2.06. The van der Waals surface area contributed by atoms with Crippen LogP contribution in [-0.2, 0) is 0 Å². The first kappa shape index (κ1) is 10.0. The molecule has 1 heterocycles. The fourth-order valence-electron chi connectivity index (χ4n) is 1.98. The van der Waals surface area contributed by atoms with Gasteiger partial charge in [0.2, 0.25) is 0 Å². The summed E-state index contributed by atoms with van der Waals surface area (Å²) in [4.78, 5) is 0. The molecule has 3 heteroatoms. The Bertz CT molecular complexity index is 683. The van der Waals surface area contributed by atoms with Crippen molar-refractivity contribution in [3.8, 4) is 5.69 Å². The largest absolute Gasteiger partial charge is 0.213 e. The van der Waals surface area contributed by atoms with Crippen LogP contribution in [0.4, 0.5) is 0 Å². The maximum absolute atomic E-state index is 4.21. The van der Waals surface area contributed by atoms with Crippen LogP contribution in [0, 0.1) is 13.8 Å². The quantitative estimate of drug-likeness (QED) is 0.634. The minimum absolute atomic E-state index is 0.928. The number of nitrogens with zero attached hydrogens (tertiary/aromatic N) is 3. The van der Waals surface area contributed by atoms with Gasteiger partial charge < -0.3 is 0 Å². The fourth-order valence-corrected chi connectivity index (χ4v) is 1.98.